The zero-order chi connectivity index (χ0) is 21.0. The zero-order valence-electron chi connectivity index (χ0n) is 17.2. The number of pyridine rings is 1. The molecule has 4 heterocycles. The number of amides is 1. The molecule has 0 N–H and O–H groups in total. The molecule has 1 fully saturated rings. The molecule has 8 nitrogen and oxygen atoms in total. The van der Waals surface area contributed by atoms with E-state index in [4.69, 9.17) is 14.0 Å². The van der Waals surface area contributed by atoms with Crippen LogP contribution in [0.2, 0.25) is 0 Å². The van der Waals surface area contributed by atoms with Crippen LogP contribution in [0.4, 0.5) is 0 Å². The van der Waals surface area contributed by atoms with Crippen molar-refractivity contribution in [3.05, 3.63) is 60.0 Å². The number of fused-ring (bicyclic) bond motifs is 1. The minimum Gasteiger partial charge on any atom is -0.486 e. The predicted molar refractivity (Wildman–Crippen MR) is 113 cm³/mol. The molecule has 31 heavy (non-hydrogen) atoms. The van der Waals surface area contributed by atoms with Gasteiger partial charge in [0.05, 0.1) is 0 Å². The molecule has 0 spiro atoms. The Kier molecular flexibility index (Phi) is 5.54. The Balaban J connectivity index is 1.18. The lowest BCUT2D eigenvalue weighted by Gasteiger charge is -2.34. The van der Waals surface area contributed by atoms with Gasteiger partial charge in [0.25, 0.3) is 5.91 Å². The van der Waals surface area contributed by atoms with Gasteiger partial charge in [-0.2, -0.15) is 0 Å². The van der Waals surface area contributed by atoms with E-state index in [1.807, 2.05) is 47.5 Å². The van der Waals surface area contributed by atoms with Crippen molar-refractivity contribution in [3.8, 4) is 22.8 Å². The molecule has 8 heteroatoms. The van der Waals surface area contributed by atoms with Crippen LogP contribution in [0.15, 0.2) is 53.2 Å². The molecule has 2 aliphatic heterocycles. The second-order valence-corrected chi connectivity index (χ2v) is 7.64. The van der Waals surface area contributed by atoms with Crippen LogP contribution in [-0.4, -0.2) is 71.8 Å². The molecular formula is C23H24N4O4. The van der Waals surface area contributed by atoms with Gasteiger partial charge in [-0.05, 0) is 30.3 Å². The van der Waals surface area contributed by atoms with E-state index in [1.165, 1.54) is 0 Å². The normalized spacial score (nSPS) is 16.3. The van der Waals surface area contributed by atoms with Gasteiger partial charge in [0.1, 0.15) is 13.2 Å². The number of piperazine rings is 1. The molecule has 160 valence electrons. The van der Waals surface area contributed by atoms with Gasteiger partial charge in [-0.25, -0.2) is 0 Å². The van der Waals surface area contributed by atoms with Crippen molar-refractivity contribution in [1.29, 1.82) is 0 Å². The van der Waals surface area contributed by atoms with Crippen molar-refractivity contribution in [2.45, 2.75) is 6.42 Å². The molecule has 0 radical (unpaired) electrons. The Morgan fingerprint density at radius 3 is 2.61 bits per heavy atom. The second kappa shape index (κ2) is 8.77. The Hall–Kier alpha value is -3.39. The third kappa shape index (κ3) is 4.39. The number of hydrogen-bond acceptors (Lipinski definition) is 7. The summed E-state index contributed by atoms with van der Waals surface area (Å²) < 4.78 is 16.6. The Morgan fingerprint density at radius 1 is 0.968 bits per heavy atom. The van der Waals surface area contributed by atoms with Crippen LogP contribution in [0.3, 0.4) is 0 Å². The lowest BCUT2D eigenvalue weighted by Crippen LogP contribution is -2.49. The van der Waals surface area contributed by atoms with Crippen LogP contribution >= 0.6 is 0 Å². The van der Waals surface area contributed by atoms with Gasteiger partial charge >= 0.3 is 0 Å². The summed E-state index contributed by atoms with van der Waals surface area (Å²) in [6, 6.07) is 13.3. The van der Waals surface area contributed by atoms with E-state index in [2.05, 4.69) is 15.0 Å². The molecule has 3 aromatic rings. The third-order valence-electron chi connectivity index (χ3n) is 5.63. The zero-order valence-corrected chi connectivity index (χ0v) is 17.2. The minimum absolute atomic E-state index is 0.100. The number of aromatic nitrogens is 2. The highest BCUT2D eigenvalue weighted by atomic mass is 16.6. The maximum Gasteiger partial charge on any atom is 0.276 e. The fraction of sp³-hybridized carbons (Fsp3) is 0.348. The van der Waals surface area contributed by atoms with E-state index >= 15 is 0 Å². The molecule has 2 aliphatic rings. The summed E-state index contributed by atoms with van der Waals surface area (Å²) in [6.45, 7) is 5.03. The van der Waals surface area contributed by atoms with E-state index < -0.39 is 0 Å². The van der Waals surface area contributed by atoms with Gasteiger partial charge < -0.3 is 18.9 Å². The van der Waals surface area contributed by atoms with Crippen LogP contribution < -0.4 is 9.47 Å². The first-order valence-electron chi connectivity index (χ1n) is 10.5. The summed E-state index contributed by atoms with van der Waals surface area (Å²) in [5, 5.41) is 4.01. The van der Waals surface area contributed by atoms with Crippen LogP contribution in [0.1, 0.15) is 16.2 Å². The van der Waals surface area contributed by atoms with Crippen molar-refractivity contribution in [1.82, 2.24) is 19.9 Å². The molecule has 0 atom stereocenters. The van der Waals surface area contributed by atoms with Crippen molar-refractivity contribution >= 4 is 5.91 Å². The number of carbonyl (C=O) groups excluding carboxylic acids is 1. The number of carbonyl (C=O) groups is 1. The third-order valence-corrected chi connectivity index (χ3v) is 5.63. The molecule has 0 bridgehead atoms. The highest BCUT2D eigenvalue weighted by Gasteiger charge is 2.25. The summed E-state index contributed by atoms with van der Waals surface area (Å²) in [5.74, 6) is 1.83. The summed E-state index contributed by atoms with van der Waals surface area (Å²) in [5.41, 5.74) is 2.22. The summed E-state index contributed by atoms with van der Waals surface area (Å²) in [4.78, 5) is 21.5. The summed E-state index contributed by atoms with van der Waals surface area (Å²) >= 11 is 0. The van der Waals surface area contributed by atoms with Crippen LogP contribution in [0, 0.1) is 0 Å². The maximum absolute atomic E-state index is 12.9. The van der Waals surface area contributed by atoms with Gasteiger partial charge in [0.2, 0.25) is 0 Å². The van der Waals surface area contributed by atoms with Gasteiger partial charge in [0.15, 0.2) is 23.0 Å². The Bertz CT molecular complexity index is 1040. The highest BCUT2D eigenvalue weighted by molar-refractivity contribution is 5.93. The first kappa shape index (κ1) is 19.6. The quantitative estimate of drug-likeness (QED) is 0.627. The lowest BCUT2D eigenvalue weighted by molar-refractivity contribution is 0.0628. The van der Waals surface area contributed by atoms with E-state index in [9.17, 15) is 4.79 Å². The predicted octanol–water partition coefficient (Wildman–Crippen LogP) is 2.51. The summed E-state index contributed by atoms with van der Waals surface area (Å²) in [6.07, 6.45) is 2.74. The van der Waals surface area contributed by atoms with Crippen molar-refractivity contribution in [3.63, 3.8) is 0 Å². The largest absolute Gasteiger partial charge is 0.486 e. The lowest BCUT2D eigenvalue weighted by atomic mass is 10.1. The standard InChI is InChI=1S/C23H24N4O4/c28-23(27-11-9-26(10-12-27)8-6-18-3-1-2-7-24-18)19-16-21(31-25-19)17-4-5-20-22(15-17)30-14-13-29-20/h1-5,7,15-16H,6,8-14H2. The fourth-order valence-corrected chi connectivity index (χ4v) is 3.86. The van der Waals surface area contributed by atoms with Gasteiger partial charge in [-0.3, -0.25) is 14.7 Å². The number of nitrogens with zero attached hydrogens (tertiary/aromatic N) is 4. The molecule has 1 saturated heterocycles. The van der Waals surface area contributed by atoms with Crippen LogP contribution in [0.25, 0.3) is 11.3 Å². The number of hydrogen-bond donors (Lipinski definition) is 0. The second-order valence-electron chi connectivity index (χ2n) is 7.64. The first-order valence-corrected chi connectivity index (χ1v) is 10.5. The monoisotopic (exact) mass is 420 g/mol. The van der Waals surface area contributed by atoms with E-state index in [-0.39, 0.29) is 5.91 Å². The van der Waals surface area contributed by atoms with Crippen molar-refractivity contribution in [2.75, 3.05) is 45.9 Å². The van der Waals surface area contributed by atoms with Crippen LogP contribution in [-0.2, 0) is 6.42 Å². The molecule has 1 aromatic carbocycles. The van der Waals surface area contributed by atoms with Gasteiger partial charge in [0, 0.05) is 62.7 Å². The first-order chi connectivity index (χ1) is 15.3. The molecule has 2 aromatic heterocycles. The SMILES string of the molecule is O=C(c1cc(-c2ccc3c(c2)OCCO3)on1)N1CCN(CCc2ccccn2)CC1. The Morgan fingerprint density at radius 2 is 1.81 bits per heavy atom. The van der Waals surface area contributed by atoms with Gasteiger partial charge in [-0.1, -0.05) is 11.2 Å². The smallest absolute Gasteiger partial charge is 0.276 e. The average Bonchev–Trinajstić information content (AvgIpc) is 3.33. The molecule has 1 amide bonds. The van der Waals surface area contributed by atoms with Crippen LogP contribution in [0.5, 0.6) is 11.5 Å². The Labute approximate surface area is 180 Å². The highest BCUT2D eigenvalue weighted by Crippen LogP contribution is 2.34. The average molecular weight is 420 g/mol. The fourth-order valence-electron chi connectivity index (χ4n) is 3.86. The van der Waals surface area contributed by atoms with E-state index in [0.29, 0.717) is 49.3 Å². The molecule has 5 rings (SSSR count). The van der Waals surface area contributed by atoms with E-state index in [1.54, 1.807) is 6.07 Å². The number of benzene rings is 1. The van der Waals surface area contributed by atoms with Crippen molar-refractivity contribution < 1.29 is 18.8 Å². The maximum atomic E-state index is 12.9. The molecule has 0 saturated carbocycles. The molecular weight excluding hydrogens is 396 g/mol. The van der Waals surface area contributed by atoms with E-state index in [0.717, 1.165) is 37.3 Å². The minimum atomic E-state index is -0.100. The number of ether oxygens (including phenoxy) is 2. The van der Waals surface area contributed by atoms with Crippen molar-refractivity contribution in [2.24, 2.45) is 0 Å². The molecule has 0 aliphatic carbocycles. The molecule has 0 unspecified atom stereocenters. The summed E-state index contributed by atoms with van der Waals surface area (Å²) in [7, 11) is 0. The topological polar surface area (TPSA) is 80.9 Å². The van der Waals surface area contributed by atoms with Gasteiger partial charge in [-0.15, -0.1) is 0 Å². The number of rotatable bonds is 5.